The van der Waals surface area contributed by atoms with Crippen LogP contribution in [0, 0.1) is 0 Å². The van der Waals surface area contributed by atoms with Gasteiger partial charge in [-0.1, -0.05) is 23.5 Å². The molecule has 4 aromatic rings. The summed E-state index contributed by atoms with van der Waals surface area (Å²) < 4.78 is 1.99. The quantitative estimate of drug-likeness (QED) is 0.353. The van der Waals surface area contributed by atoms with E-state index in [0.717, 1.165) is 83.1 Å². The Morgan fingerprint density at radius 3 is 2.52 bits per heavy atom. The Kier molecular flexibility index (Phi) is 7.33. The van der Waals surface area contributed by atoms with Crippen LogP contribution < -0.4 is 5.32 Å². The highest BCUT2D eigenvalue weighted by Gasteiger charge is 2.31. The van der Waals surface area contributed by atoms with Crippen molar-refractivity contribution < 1.29 is 9.59 Å². The Morgan fingerprint density at radius 1 is 1.02 bits per heavy atom. The number of rotatable bonds is 6. The first kappa shape index (κ1) is 27.0. The van der Waals surface area contributed by atoms with E-state index >= 15 is 0 Å². The molecule has 9 nitrogen and oxygen atoms in total. The van der Waals surface area contributed by atoms with E-state index in [2.05, 4.69) is 15.2 Å². The molecule has 1 aliphatic carbocycles. The lowest BCUT2D eigenvalue weighted by Gasteiger charge is -2.36. The molecule has 0 spiro atoms. The minimum Gasteiger partial charge on any atom is -0.342 e. The van der Waals surface area contributed by atoms with Crippen LogP contribution in [0.3, 0.4) is 0 Å². The van der Waals surface area contributed by atoms with E-state index in [9.17, 15) is 9.59 Å². The smallest absolute Gasteiger partial charge is 0.226 e. The Hall–Kier alpha value is -3.89. The van der Waals surface area contributed by atoms with Gasteiger partial charge in [0.05, 0.1) is 34.1 Å². The summed E-state index contributed by atoms with van der Waals surface area (Å²) in [5, 5.41) is 8.55. The molecule has 42 heavy (non-hydrogen) atoms. The van der Waals surface area contributed by atoms with Gasteiger partial charge in [0.25, 0.3) is 0 Å². The van der Waals surface area contributed by atoms with Gasteiger partial charge in [-0.2, -0.15) is 5.10 Å². The number of thiazole rings is 1. The highest BCUT2D eigenvalue weighted by molar-refractivity contribution is 7.19. The summed E-state index contributed by atoms with van der Waals surface area (Å²) in [5.74, 6) is 0.0738. The average molecular weight is 582 g/mol. The van der Waals surface area contributed by atoms with Crippen molar-refractivity contribution in [2.75, 3.05) is 31.5 Å². The molecular formula is C32H35N7O2S. The van der Waals surface area contributed by atoms with E-state index in [1.165, 1.54) is 44.2 Å². The molecule has 3 aromatic heterocycles. The van der Waals surface area contributed by atoms with Crippen LogP contribution in [0.1, 0.15) is 49.4 Å². The number of carbonyl (C=O) groups excluding carboxylic acids is 2. The van der Waals surface area contributed by atoms with Crippen LogP contribution in [0.4, 0.5) is 5.13 Å². The van der Waals surface area contributed by atoms with Gasteiger partial charge in [0.2, 0.25) is 11.8 Å². The molecule has 7 rings (SSSR count). The Labute approximate surface area is 249 Å². The molecule has 10 heteroatoms. The van der Waals surface area contributed by atoms with Crippen LogP contribution in [-0.2, 0) is 28.9 Å². The van der Waals surface area contributed by atoms with E-state index in [0.29, 0.717) is 17.6 Å². The zero-order valence-electron chi connectivity index (χ0n) is 23.9. The molecule has 1 N–H and O–H groups in total. The first-order valence-corrected chi connectivity index (χ1v) is 15.8. The summed E-state index contributed by atoms with van der Waals surface area (Å²) in [6.45, 7) is 5.64. The molecule has 0 radical (unpaired) electrons. The molecule has 2 aliphatic heterocycles. The number of piperidine rings is 1. The van der Waals surface area contributed by atoms with Crippen LogP contribution in [0.5, 0.6) is 0 Å². The van der Waals surface area contributed by atoms with E-state index in [-0.39, 0.29) is 11.8 Å². The fourth-order valence-corrected chi connectivity index (χ4v) is 7.74. The van der Waals surface area contributed by atoms with Gasteiger partial charge in [-0.25, -0.2) is 9.67 Å². The standard InChI is InChI=1S/C32H35N7O2S/c1-21(40)34-32-35-27-11-10-26-29(23-5-4-14-33-20-23)36-39(30(26)31(27)42-32)25-8-6-22(7-9-25)19-28(41)38-17-12-24(13-18-38)37-15-2-3-16-37/h4-9,14,20,24H,2-3,10-13,15-19H2,1H3,(H,34,35,40). The molecular weight excluding hydrogens is 546 g/mol. The Bertz CT molecular complexity index is 1600. The monoisotopic (exact) mass is 581 g/mol. The maximum atomic E-state index is 13.2. The molecule has 0 atom stereocenters. The van der Waals surface area contributed by atoms with Gasteiger partial charge in [0.1, 0.15) is 0 Å². The van der Waals surface area contributed by atoms with Gasteiger partial charge in [0.15, 0.2) is 5.13 Å². The molecule has 216 valence electrons. The average Bonchev–Trinajstić information content (AvgIpc) is 3.76. The highest BCUT2D eigenvalue weighted by atomic mass is 32.1. The SMILES string of the molecule is CC(=O)Nc1nc2c(s1)-c1c(c(-c3cccnc3)nn1-c1ccc(CC(=O)N3CCC(N4CCCC4)CC3)cc1)CC2. The van der Waals surface area contributed by atoms with Crippen LogP contribution in [-0.4, -0.2) is 73.6 Å². The number of nitrogens with one attached hydrogen (secondary N) is 1. The first-order chi connectivity index (χ1) is 20.5. The number of pyridine rings is 1. The molecule has 1 aromatic carbocycles. The van der Waals surface area contributed by atoms with E-state index in [4.69, 9.17) is 10.1 Å². The van der Waals surface area contributed by atoms with Gasteiger partial charge in [0, 0.05) is 49.6 Å². The molecule has 2 fully saturated rings. The third kappa shape index (κ3) is 5.25. The van der Waals surface area contributed by atoms with Crippen LogP contribution >= 0.6 is 11.3 Å². The lowest BCUT2D eigenvalue weighted by atomic mass is 9.95. The molecule has 2 saturated heterocycles. The predicted octanol–water partition coefficient (Wildman–Crippen LogP) is 4.74. The van der Waals surface area contributed by atoms with Crippen molar-refractivity contribution in [3.05, 3.63) is 65.6 Å². The second-order valence-corrected chi connectivity index (χ2v) is 12.5. The summed E-state index contributed by atoms with van der Waals surface area (Å²) in [6.07, 6.45) is 10.4. The molecule has 2 amide bonds. The van der Waals surface area contributed by atoms with Crippen molar-refractivity contribution >= 4 is 28.3 Å². The molecule has 0 saturated carbocycles. The molecule has 5 heterocycles. The van der Waals surface area contributed by atoms with E-state index in [1.54, 1.807) is 6.20 Å². The zero-order chi connectivity index (χ0) is 28.6. The van der Waals surface area contributed by atoms with Gasteiger partial charge in [-0.05, 0) is 81.4 Å². The number of fused-ring (bicyclic) bond motifs is 3. The molecule has 3 aliphatic rings. The predicted molar refractivity (Wildman–Crippen MR) is 164 cm³/mol. The summed E-state index contributed by atoms with van der Waals surface area (Å²) in [6, 6.07) is 12.8. The van der Waals surface area contributed by atoms with Crippen molar-refractivity contribution in [2.24, 2.45) is 0 Å². The number of aromatic nitrogens is 4. The third-order valence-corrected chi connectivity index (χ3v) is 9.76. The Morgan fingerprint density at radius 2 is 1.81 bits per heavy atom. The third-order valence-electron chi connectivity index (χ3n) is 8.74. The van der Waals surface area contributed by atoms with Crippen LogP contribution in [0.2, 0.25) is 0 Å². The van der Waals surface area contributed by atoms with Gasteiger partial charge >= 0.3 is 0 Å². The van der Waals surface area contributed by atoms with Crippen molar-refractivity contribution in [1.29, 1.82) is 0 Å². The lowest BCUT2D eigenvalue weighted by molar-refractivity contribution is -0.132. The topological polar surface area (TPSA) is 96.2 Å². The number of likely N-dealkylation sites (tertiary alicyclic amines) is 2. The number of anilines is 1. The number of carbonyl (C=O) groups is 2. The summed E-state index contributed by atoms with van der Waals surface area (Å²) in [7, 11) is 0. The minimum absolute atomic E-state index is 0.132. The normalized spacial score (nSPS) is 17.2. The van der Waals surface area contributed by atoms with Crippen LogP contribution in [0.25, 0.3) is 27.5 Å². The second-order valence-electron chi connectivity index (χ2n) is 11.5. The van der Waals surface area contributed by atoms with E-state index < -0.39 is 0 Å². The number of amides is 2. The van der Waals surface area contributed by atoms with Crippen molar-refractivity contribution in [3.63, 3.8) is 0 Å². The highest BCUT2D eigenvalue weighted by Crippen LogP contribution is 2.44. The number of aryl methyl sites for hydroxylation is 1. The molecule has 0 bridgehead atoms. The van der Waals surface area contributed by atoms with Crippen molar-refractivity contribution in [3.8, 4) is 27.5 Å². The van der Waals surface area contributed by atoms with Crippen molar-refractivity contribution in [2.45, 2.75) is 57.9 Å². The summed E-state index contributed by atoms with van der Waals surface area (Å²) >= 11 is 1.49. The summed E-state index contributed by atoms with van der Waals surface area (Å²) in [5.41, 5.74) is 6.95. The lowest BCUT2D eigenvalue weighted by Crippen LogP contribution is -2.46. The first-order valence-electron chi connectivity index (χ1n) is 14.9. The summed E-state index contributed by atoms with van der Waals surface area (Å²) in [4.78, 5) is 39.6. The Balaban J connectivity index is 1.14. The fraction of sp³-hybridized carbons (Fsp3) is 0.406. The number of benzene rings is 1. The second kappa shape index (κ2) is 11.4. The number of nitrogens with zero attached hydrogens (tertiary/aromatic N) is 6. The van der Waals surface area contributed by atoms with Gasteiger partial charge < -0.3 is 15.1 Å². The number of hydrogen-bond acceptors (Lipinski definition) is 7. The maximum Gasteiger partial charge on any atom is 0.226 e. The van der Waals surface area contributed by atoms with Gasteiger partial charge in [-0.3, -0.25) is 14.6 Å². The minimum atomic E-state index is -0.132. The zero-order valence-corrected chi connectivity index (χ0v) is 24.7. The van der Waals surface area contributed by atoms with Crippen LogP contribution in [0.15, 0.2) is 48.8 Å². The number of hydrogen-bond donors (Lipinski definition) is 1. The largest absolute Gasteiger partial charge is 0.342 e. The maximum absolute atomic E-state index is 13.2. The molecule has 0 unspecified atom stereocenters. The van der Waals surface area contributed by atoms with Gasteiger partial charge in [-0.15, -0.1) is 0 Å². The fourth-order valence-electron chi connectivity index (χ4n) is 6.62. The van der Waals surface area contributed by atoms with Crippen molar-refractivity contribution in [1.82, 2.24) is 29.5 Å². The van der Waals surface area contributed by atoms with E-state index in [1.807, 2.05) is 52.2 Å².